The van der Waals surface area contributed by atoms with E-state index in [9.17, 15) is 23.3 Å². The predicted molar refractivity (Wildman–Crippen MR) is 115 cm³/mol. The summed E-state index contributed by atoms with van der Waals surface area (Å²) in [5, 5.41) is 24.1. The molecule has 2 aliphatic rings. The van der Waals surface area contributed by atoms with E-state index in [4.69, 9.17) is 9.83 Å². The number of nitro groups is 1. The zero-order valence-corrected chi connectivity index (χ0v) is 17.7. The lowest BCUT2D eigenvalue weighted by atomic mass is 10.1. The lowest BCUT2D eigenvalue weighted by Gasteiger charge is -2.19. The Hall–Kier alpha value is -3.58. The number of nitrogens with one attached hydrogen (secondary N) is 1. The van der Waals surface area contributed by atoms with Crippen molar-refractivity contribution < 1.29 is 22.6 Å². The molecule has 0 unspecified atom stereocenters. The molecule has 2 aromatic rings. The number of hydrogen-bond donors (Lipinski definition) is 1. The van der Waals surface area contributed by atoms with Gasteiger partial charge in [0.1, 0.15) is 11.5 Å². The van der Waals surface area contributed by atoms with E-state index in [0.29, 0.717) is 23.1 Å². The van der Waals surface area contributed by atoms with Gasteiger partial charge in [-0.05, 0) is 42.5 Å². The third kappa shape index (κ3) is 3.80. The zero-order valence-electron chi connectivity index (χ0n) is 16.0. The number of thioether (sulfide) groups is 1. The van der Waals surface area contributed by atoms with Crippen LogP contribution in [0.4, 0.5) is 5.69 Å². The number of rotatable bonds is 3. The van der Waals surface area contributed by atoms with Crippen molar-refractivity contribution in [3.05, 3.63) is 57.3 Å². The Morgan fingerprint density at radius 1 is 1.29 bits per heavy atom. The van der Waals surface area contributed by atoms with Gasteiger partial charge in [0.15, 0.2) is 5.84 Å². The minimum absolute atomic E-state index is 0.0140. The number of nitrogens with zero attached hydrogens (tertiary/aromatic N) is 4. The lowest BCUT2D eigenvalue weighted by molar-refractivity contribution is -0.384. The third-order valence-electron chi connectivity index (χ3n) is 4.36. The SMILES string of the molecule is Cc1ccc([N+](=O)[O-])cc1-c1ccc(/C=C2/C(=N)N3N=C(S(C)(=O)=O)SC3=NC2=O)o1. The van der Waals surface area contributed by atoms with Crippen LogP contribution in [-0.2, 0) is 14.6 Å². The summed E-state index contributed by atoms with van der Waals surface area (Å²) in [5.41, 5.74) is 1.04. The second kappa shape index (κ2) is 7.28. The van der Waals surface area contributed by atoms with Crippen molar-refractivity contribution in [1.82, 2.24) is 5.01 Å². The van der Waals surface area contributed by atoms with Crippen molar-refractivity contribution in [1.29, 1.82) is 5.41 Å². The van der Waals surface area contributed by atoms with Gasteiger partial charge in [0.05, 0.1) is 10.5 Å². The maximum Gasteiger partial charge on any atom is 0.283 e. The molecule has 1 amide bonds. The predicted octanol–water partition coefficient (Wildman–Crippen LogP) is 2.78. The van der Waals surface area contributed by atoms with E-state index in [0.717, 1.165) is 16.8 Å². The summed E-state index contributed by atoms with van der Waals surface area (Å²) in [5.74, 6) is -0.517. The average Bonchev–Trinajstić information content (AvgIpc) is 3.32. The van der Waals surface area contributed by atoms with E-state index in [1.165, 1.54) is 18.2 Å². The van der Waals surface area contributed by atoms with Crippen molar-refractivity contribution in [2.24, 2.45) is 10.1 Å². The summed E-state index contributed by atoms with van der Waals surface area (Å²) in [7, 11) is -3.62. The van der Waals surface area contributed by atoms with Gasteiger partial charge < -0.3 is 4.42 Å². The number of amidine groups is 2. The van der Waals surface area contributed by atoms with Crippen molar-refractivity contribution in [2.75, 3.05) is 6.26 Å². The molecule has 0 bridgehead atoms. The highest BCUT2D eigenvalue weighted by atomic mass is 32.3. The van der Waals surface area contributed by atoms with E-state index in [1.807, 2.05) is 0 Å². The number of hydrogen-bond acceptors (Lipinski definition) is 9. The molecule has 0 saturated heterocycles. The molecule has 0 saturated carbocycles. The molecule has 3 heterocycles. The summed E-state index contributed by atoms with van der Waals surface area (Å²) in [6.45, 7) is 1.78. The van der Waals surface area contributed by atoms with Crippen molar-refractivity contribution >= 4 is 54.6 Å². The number of furan rings is 1. The molecule has 0 radical (unpaired) electrons. The molecule has 2 aliphatic heterocycles. The van der Waals surface area contributed by atoms with Crippen LogP contribution in [0, 0.1) is 22.4 Å². The van der Waals surface area contributed by atoms with E-state index in [2.05, 4.69) is 10.1 Å². The molecule has 0 aliphatic carbocycles. The number of aryl methyl sites for hydroxylation is 1. The second-order valence-corrected chi connectivity index (χ2v) is 9.76. The minimum atomic E-state index is -3.62. The van der Waals surface area contributed by atoms with Crippen LogP contribution in [0.1, 0.15) is 11.3 Å². The van der Waals surface area contributed by atoms with Crippen LogP contribution < -0.4 is 0 Å². The van der Waals surface area contributed by atoms with Gasteiger partial charge in [0.2, 0.25) is 19.4 Å². The maximum absolute atomic E-state index is 12.4. The number of amides is 1. The molecular weight excluding hydrogens is 446 g/mol. The normalized spacial score (nSPS) is 17.6. The number of sulfone groups is 1. The molecule has 31 heavy (non-hydrogen) atoms. The van der Waals surface area contributed by atoms with Gasteiger partial charge in [0.25, 0.3) is 11.6 Å². The Balaban J connectivity index is 1.69. The molecule has 1 N–H and O–H groups in total. The fraction of sp³-hybridized carbons (Fsp3) is 0.111. The Kier molecular flexibility index (Phi) is 4.86. The Bertz CT molecular complexity index is 1370. The monoisotopic (exact) mass is 459 g/mol. The van der Waals surface area contributed by atoms with E-state index in [-0.39, 0.29) is 32.4 Å². The summed E-state index contributed by atoms with van der Waals surface area (Å²) in [4.78, 5) is 26.8. The highest BCUT2D eigenvalue weighted by Crippen LogP contribution is 2.32. The first-order chi connectivity index (χ1) is 14.5. The van der Waals surface area contributed by atoms with E-state index < -0.39 is 20.7 Å². The first-order valence-electron chi connectivity index (χ1n) is 8.60. The largest absolute Gasteiger partial charge is 0.457 e. The molecule has 0 fully saturated rings. The second-order valence-electron chi connectivity index (χ2n) is 6.62. The van der Waals surface area contributed by atoms with Crippen LogP contribution in [0.15, 0.2) is 50.4 Å². The number of hydrazone groups is 1. The van der Waals surface area contributed by atoms with E-state index >= 15 is 0 Å². The van der Waals surface area contributed by atoms with Crippen LogP contribution in [0.25, 0.3) is 17.4 Å². The Morgan fingerprint density at radius 3 is 2.71 bits per heavy atom. The lowest BCUT2D eigenvalue weighted by Crippen LogP contribution is -2.35. The van der Waals surface area contributed by atoms with Gasteiger partial charge >= 0.3 is 0 Å². The molecule has 4 rings (SSSR count). The molecule has 11 nitrogen and oxygen atoms in total. The van der Waals surface area contributed by atoms with Crippen LogP contribution in [0.3, 0.4) is 0 Å². The maximum atomic E-state index is 12.4. The molecule has 1 aromatic heterocycles. The number of carbonyl (C=O) groups is 1. The molecule has 1 aromatic carbocycles. The first-order valence-corrected chi connectivity index (χ1v) is 11.3. The highest BCUT2D eigenvalue weighted by molar-refractivity contribution is 8.42. The first kappa shape index (κ1) is 20.7. The number of aliphatic imine (C=N–C) groups is 1. The van der Waals surface area contributed by atoms with Crippen molar-refractivity contribution in [2.45, 2.75) is 6.92 Å². The summed E-state index contributed by atoms with van der Waals surface area (Å²) in [6, 6.07) is 7.52. The Labute approximate surface area is 179 Å². The summed E-state index contributed by atoms with van der Waals surface area (Å²) < 4.78 is 28.9. The number of non-ortho nitro benzene ring substituents is 1. The van der Waals surface area contributed by atoms with Gasteiger partial charge in [-0.3, -0.25) is 20.3 Å². The smallest absolute Gasteiger partial charge is 0.283 e. The molecule has 0 atom stereocenters. The fourth-order valence-electron chi connectivity index (χ4n) is 2.83. The average molecular weight is 459 g/mol. The number of nitro benzene ring substituents is 1. The third-order valence-corrected chi connectivity index (χ3v) is 6.94. The molecular formula is C18H13N5O6S2. The standard InChI is InChI=1S/C18H13N5O6S2/c1-9-3-4-10(23(25)26)7-12(9)14-6-5-11(29-14)8-13-15(19)22-17(20-16(13)24)30-18(21-22)31(2,27)28/h3-8,19H,1-2H3/b13-8-,19-15?. The summed E-state index contributed by atoms with van der Waals surface area (Å²) >= 11 is 0.695. The van der Waals surface area contributed by atoms with Gasteiger partial charge in [-0.25, -0.2) is 8.42 Å². The molecule has 13 heteroatoms. The van der Waals surface area contributed by atoms with Crippen LogP contribution >= 0.6 is 11.8 Å². The van der Waals surface area contributed by atoms with Crippen LogP contribution in [0.5, 0.6) is 0 Å². The highest BCUT2D eigenvalue weighted by Gasteiger charge is 2.38. The minimum Gasteiger partial charge on any atom is -0.457 e. The molecule has 0 spiro atoms. The van der Waals surface area contributed by atoms with Crippen molar-refractivity contribution in [3.8, 4) is 11.3 Å². The van der Waals surface area contributed by atoms with Crippen LogP contribution in [0.2, 0.25) is 0 Å². The number of benzene rings is 1. The van der Waals surface area contributed by atoms with Crippen molar-refractivity contribution in [3.63, 3.8) is 0 Å². The van der Waals surface area contributed by atoms with Crippen LogP contribution in [-0.4, -0.2) is 45.9 Å². The van der Waals surface area contributed by atoms with Gasteiger partial charge in [-0.2, -0.15) is 10.0 Å². The van der Waals surface area contributed by atoms with Gasteiger partial charge in [-0.1, -0.05) is 6.07 Å². The topological polar surface area (TPSA) is 159 Å². The summed E-state index contributed by atoms with van der Waals surface area (Å²) in [6.07, 6.45) is 2.26. The van der Waals surface area contributed by atoms with Gasteiger partial charge in [-0.15, -0.1) is 5.10 Å². The number of fused-ring (bicyclic) bond motifs is 1. The molecule has 158 valence electrons. The van der Waals surface area contributed by atoms with Gasteiger partial charge in [0, 0.05) is 24.0 Å². The quantitative estimate of drug-likeness (QED) is 0.416. The van der Waals surface area contributed by atoms with E-state index in [1.54, 1.807) is 25.1 Å². The zero-order chi connectivity index (χ0) is 22.5. The Morgan fingerprint density at radius 2 is 2.03 bits per heavy atom. The number of carbonyl (C=O) groups excluding carboxylic acids is 1. The fourth-order valence-corrected chi connectivity index (χ4v) is 4.52.